The molecule has 0 spiro atoms. The van der Waals surface area contributed by atoms with Gasteiger partial charge in [-0.05, 0) is 30.9 Å². The highest BCUT2D eigenvalue weighted by Crippen LogP contribution is 2.23. The molecule has 2 heterocycles. The topological polar surface area (TPSA) is 80.0 Å². The number of hydrogen-bond donors (Lipinski definition) is 2. The number of fused-ring (bicyclic) bond motifs is 1. The van der Waals surface area contributed by atoms with Crippen molar-refractivity contribution in [1.29, 1.82) is 0 Å². The summed E-state index contributed by atoms with van der Waals surface area (Å²) in [5.41, 5.74) is 2.97. The van der Waals surface area contributed by atoms with Gasteiger partial charge in [-0.2, -0.15) is 5.10 Å². The van der Waals surface area contributed by atoms with Gasteiger partial charge in [0.15, 0.2) is 0 Å². The maximum Gasteiger partial charge on any atom is 0.405 e. The monoisotopic (exact) mass is 386 g/mol. The van der Waals surface area contributed by atoms with Crippen molar-refractivity contribution in [3.05, 3.63) is 59.0 Å². The molecule has 0 saturated heterocycles. The molecule has 3 rings (SSSR count). The molecule has 0 bridgehead atoms. The van der Waals surface area contributed by atoms with Crippen molar-refractivity contribution in [2.75, 3.05) is 0 Å². The highest BCUT2D eigenvalue weighted by atomic mass is 35.5. The van der Waals surface area contributed by atoms with Crippen molar-refractivity contribution in [2.24, 2.45) is 7.05 Å². The first-order valence-corrected chi connectivity index (χ1v) is 9.44. The van der Waals surface area contributed by atoms with E-state index in [4.69, 9.17) is 16.7 Å². The Morgan fingerprint density at radius 3 is 2.78 bits per heavy atom. The summed E-state index contributed by atoms with van der Waals surface area (Å²) in [5, 5.41) is 17.5. The number of halogens is 1. The van der Waals surface area contributed by atoms with Crippen LogP contribution in [0.3, 0.4) is 0 Å². The minimum atomic E-state index is -0.995. The average Bonchev–Trinajstić information content (AvgIpc) is 3.01. The molecule has 1 atom stereocenters. The SMILES string of the molecule is Cn1ncc2cc(Cl)nc(CCCCCC(NC(=O)O)c3ccccc3)c21. The van der Waals surface area contributed by atoms with Gasteiger partial charge in [0.05, 0.1) is 23.4 Å². The second kappa shape index (κ2) is 8.86. The fourth-order valence-corrected chi connectivity index (χ4v) is 3.62. The number of nitrogens with one attached hydrogen (secondary N) is 1. The van der Waals surface area contributed by atoms with Crippen LogP contribution in [0.2, 0.25) is 5.15 Å². The van der Waals surface area contributed by atoms with Gasteiger partial charge in [0, 0.05) is 12.4 Å². The molecule has 1 unspecified atom stereocenters. The van der Waals surface area contributed by atoms with E-state index in [-0.39, 0.29) is 6.04 Å². The molecule has 0 saturated carbocycles. The van der Waals surface area contributed by atoms with Crippen LogP contribution in [0.25, 0.3) is 10.9 Å². The van der Waals surface area contributed by atoms with Gasteiger partial charge in [0.1, 0.15) is 5.15 Å². The molecule has 0 aliphatic carbocycles. The van der Waals surface area contributed by atoms with Crippen LogP contribution in [0, 0.1) is 0 Å². The summed E-state index contributed by atoms with van der Waals surface area (Å²) in [7, 11) is 1.91. The van der Waals surface area contributed by atoms with Crippen LogP contribution in [-0.4, -0.2) is 26.0 Å². The number of rotatable bonds is 8. The van der Waals surface area contributed by atoms with Crippen LogP contribution in [0.15, 0.2) is 42.6 Å². The van der Waals surface area contributed by atoms with E-state index in [9.17, 15) is 4.79 Å². The number of carboxylic acid groups (broad SMARTS) is 1. The molecule has 1 amide bonds. The fourth-order valence-electron chi connectivity index (χ4n) is 3.40. The first-order chi connectivity index (χ1) is 13.0. The van der Waals surface area contributed by atoms with Gasteiger partial charge < -0.3 is 10.4 Å². The summed E-state index contributed by atoms with van der Waals surface area (Å²) in [6.07, 6.45) is 5.26. The molecular formula is C20H23ClN4O2. The van der Waals surface area contributed by atoms with Crippen LogP contribution >= 0.6 is 11.6 Å². The van der Waals surface area contributed by atoms with Gasteiger partial charge in [-0.25, -0.2) is 9.78 Å². The van der Waals surface area contributed by atoms with Crippen LogP contribution < -0.4 is 5.32 Å². The predicted molar refractivity (Wildman–Crippen MR) is 106 cm³/mol. The molecule has 2 aromatic heterocycles. The first-order valence-electron chi connectivity index (χ1n) is 9.06. The molecule has 6 nitrogen and oxygen atoms in total. The predicted octanol–water partition coefficient (Wildman–Crippen LogP) is 4.73. The largest absolute Gasteiger partial charge is 0.465 e. The van der Waals surface area contributed by atoms with Gasteiger partial charge in [0.25, 0.3) is 0 Å². The first kappa shape index (κ1) is 19.2. The zero-order valence-corrected chi connectivity index (χ0v) is 16.0. The Morgan fingerprint density at radius 1 is 1.26 bits per heavy atom. The smallest absolute Gasteiger partial charge is 0.405 e. The Hall–Kier alpha value is -2.60. The number of unbranched alkanes of at least 4 members (excludes halogenated alkanes) is 2. The van der Waals surface area contributed by atoms with E-state index in [1.54, 1.807) is 6.20 Å². The normalized spacial score (nSPS) is 12.2. The summed E-state index contributed by atoms with van der Waals surface area (Å²) < 4.78 is 1.83. The molecule has 0 radical (unpaired) electrons. The Morgan fingerprint density at radius 2 is 2.04 bits per heavy atom. The number of carbonyl (C=O) groups is 1. The Labute approximate surface area is 163 Å². The number of benzene rings is 1. The molecule has 0 fully saturated rings. The lowest BCUT2D eigenvalue weighted by atomic mass is 9.99. The molecular weight excluding hydrogens is 364 g/mol. The van der Waals surface area contributed by atoms with E-state index in [2.05, 4.69) is 15.4 Å². The summed E-state index contributed by atoms with van der Waals surface area (Å²) in [5.74, 6) is 0. The number of nitrogens with zero attached hydrogens (tertiary/aromatic N) is 3. The molecule has 27 heavy (non-hydrogen) atoms. The van der Waals surface area contributed by atoms with E-state index in [0.717, 1.165) is 54.3 Å². The van der Waals surface area contributed by atoms with Crippen LogP contribution in [-0.2, 0) is 13.5 Å². The number of aromatic nitrogens is 3. The number of amides is 1. The zero-order chi connectivity index (χ0) is 19.2. The Bertz CT molecular complexity index is 911. The van der Waals surface area contributed by atoms with E-state index in [0.29, 0.717) is 5.15 Å². The maximum absolute atomic E-state index is 11.1. The third kappa shape index (κ3) is 4.98. The summed E-state index contributed by atoms with van der Waals surface area (Å²) in [6.45, 7) is 0. The molecule has 7 heteroatoms. The highest BCUT2D eigenvalue weighted by Gasteiger charge is 2.14. The summed E-state index contributed by atoms with van der Waals surface area (Å²) in [4.78, 5) is 15.5. The van der Waals surface area contributed by atoms with Crippen LogP contribution in [0.4, 0.5) is 4.79 Å². The van der Waals surface area contributed by atoms with E-state index < -0.39 is 6.09 Å². The average molecular weight is 387 g/mol. The van der Waals surface area contributed by atoms with E-state index in [1.165, 1.54) is 0 Å². The van der Waals surface area contributed by atoms with Gasteiger partial charge in [0.2, 0.25) is 0 Å². The minimum Gasteiger partial charge on any atom is -0.465 e. The molecule has 0 aliphatic rings. The molecule has 3 aromatic rings. The Kier molecular flexibility index (Phi) is 6.29. The lowest BCUT2D eigenvalue weighted by molar-refractivity contribution is 0.189. The second-order valence-corrected chi connectivity index (χ2v) is 7.00. The van der Waals surface area contributed by atoms with Crippen molar-refractivity contribution < 1.29 is 9.90 Å². The van der Waals surface area contributed by atoms with Gasteiger partial charge in [-0.15, -0.1) is 0 Å². The number of aryl methyl sites for hydroxylation is 2. The van der Waals surface area contributed by atoms with Gasteiger partial charge in [-0.1, -0.05) is 54.8 Å². The van der Waals surface area contributed by atoms with E-state index >= 15 is 0 Å². The molecule has 1 aromatic carbocycles. The van der Waals surface area contributed by atoms with Crippen molar-refractivity contribution in [2.45, 2.75) is 38.1 Å². The highest BCUT2D eigenvalue weighted by molar-refractivity contribution is 6.30. The lowest BCUT2D eigenvalue weighted by Crippen LogP contribution is -2.26. The second-order valence-electron chi connectivity index (χ2n) is 6.61. The zero-order valence-electron chi connectivity index (χ0n) is 15.2. The van der Waals surface area contributed by atoms with Crippen molar-refractivity contribution in [1.82, 2.24) is 20.1 Å². The maximum atomic E-state index is 11.1. The molecule has 2 N–H and O–H groups in total. The number of pyridine rings is 1. The quantitative estimate of drug-likeness (QED) is 0.433. The van der Waals surface area contributed by atoms with Crippen molar-refractivity contribution >= 4 is 28.6 Å². The van der Waals surface area contributed by atoms with Crippen LogP contribution in [0.1, 0.15) is 43.0 Å². The molecule has 0 aliphatic heterocycles. The van der Waals surface area contributed by atoms with Crippen molar-refractivity contribution in [3.8, 4) is 0 Å². The van der Waals surface area contributed by atoms with Gasteiger partial charge >= 0.3 is 6.09 Å². The Balaban J connectivity index is 1.55. The summed E-state index contributed by atoms with van der Waals surface area (Å²) in [6, 6.07) is 11.3. The fraction of sp³-hybridized carbons (Fsp3) is 0.350. The van der Waals surface area contributed by atoms with Crippen molar-refractivity contribution in [3.63, 3.8) is 0 Å². The number of hydrogen-bond acceptors (Lipinski definition) is 3. The minimum absolute atomic E-state index is 0.184. The van der Waals surface area contributed by atoms with Gasteiger partial charge in [-0.3, -0.25) is 4.68 Å². The standard InChI is InChI=1S/C20H23ClN4O2/c1-25-19-15(13-22-25)12-18(21)23-17(19)11-7-3-6-10-16(24-20(26)27)14-8-4-2-5-9-14/h2,4-5,8-9,12-13,16,24H,3,6-7,10-11H2,1H3,(H,26,27). The summed E-state index contributed by atoms with van der Waals surface area (Å²) >= 11 is 6.12. The third-order valence-corrected chi connectivity index (χ3v) is 4.86. The van der Waals surface area contributed by atoms with Crippen LogP contribution in [0.5, 0.6) is 0 Å². The van der Waals surface area contributed by atoms with E-state index in [1.807, 2.05) is 48.1 Å². The third-order valence-electron chi connectivity index (χ3n) is 4.66. The molecule has 142 valence electrons. The lowest BCUT2D eigenvalue weighted by Gasteiger charge is -2.17.